The van der Waals surface area contributed by atoms with Crippen LogP contribution in [0, 0.1) is 0 Å². The van der Waals surface area contributed by atoms with Gasteiger partial charge in [-0.1, -0.05) is 56.0 Å². The van der Waals surface area contributed by atoms with E-state index in [1.165, 1.54) is 39.4 Å². The Kier molecular flexibility index (Phi) is 2.50. The summed E-state index contributed by atoms with van der Waals surface area (Å²) in [6.07, 6.45) is 1.10. The van der Waals surface area contributed by atoms with Gasteiger partial charge in [0, 0.05) is 16.8 Å². The fraction of sp³-hybridized carbons (Fsp3) is 0.167. The highest BCUT2D eigenvalue weighted by molar-refractivity contribution is 5.92. The Morgan fingerprint density at radius 3 is 2.15 bits per heavy atom. The lowest BCUT2D eigenvalue weighted by molar-refractivity contribution is 0.494. The number of benzene rings is 3. The predicted molar refractivity (Wildman–Crippen MR) is 108 cm³/mol. The molecule has 4 bridgehead atoms. The smallest absolute Gasteiger partial charge is 0.134 e. The minimum absolute atomic E-state index is 0.0815. The van der Waals surface area contributed by atoms with Gasteiger partial charge in [-0.15, -0.1) is 0 Å². The minimum Gasteiger partial charge on any atom is -0.314 e. The van der Waals surface area contributed by atoms with Gasteiger partial charge in [0.15, 0.2) is 0 Å². The van der Waals surface area contributed by atoms with Crippen LogP contribution in [0.4, 0.5) is 22.7 Å². The van der Waals surface area contributed by atoms with E-state index in [4.69, 9.17) is 0 Å². The zero-order valence-electron chi connectivity index (χ0n) is 14.8. The molecule has 0 saturated carbocycles. The summed E-state index contributed by atoms with van der Waals surface area (Å²) in [5.74, 6) is 0. The summed E-state index contributed by atoms with van der Waals surface area (Å²) in [6, 6.07) is 26.7. The molecule has 0 saturated heterocycles. The van der Waals surface area contributed by atoms with Crippen molar-refractivity contribution in [2.75, 3.05) is 9.80 Å². The molecule has 0 spiro atoms. The van der Waals surface area contributed by atoms with Gasteiger partial charge in [0.2, 0.25) is 0 Å². The topological polar surface area (TPSA) is 6.48 Å². The zero-order chi connectivity index (χ0) is 17.5. The largest absolute Gasteiger partial charge is 0.314 e. The first-order valence-electron chi connectivity index (χ1n) is 9.24. The molecular formula is C24H20N2. The van der Waals surface area contributed by atoms with E-state index in [9.17, 15) is 0 Å². The van der Waals surface area contributed by atoms with Crippen LogP contribution in [0.2, 0.25) is 0 Å². The molecule has 7 rings (SSSR count). The Morgan fingerprint density at radius 2 is 1.42 bits per heavy atom. The molecule has 4 aliphatic rings. The lowest BCUT2D eigenvalue weighted by Gasteiger charge is -2.48. The lowest BCUT2D eigenvalue weighted by atomic mass is 9.68. The fourth-order valence-electron chi connectivity index (χ4n) is 5.10. The Labute approximate surface area is 154 Å². The molecule has 0 fully saturated rings. The summed E-state index contributed by atoms with van der Waals surface area (Å²) in [7, 11) is 0. The van der Waals surface area contributed by atoms with Gasteiger partial charge in [-0.05, 0) is 53.5 Å². The van der Waals surface area contributed by atoms with Crippen LogP contribution in [0.3, 0.4) is 0 Å². The predicted octanol–water partition coefficient (Wildman–Crippen LogP) is 5.69. The fourth-order valence-corrected chi connectivity index (χ4v) is 5.10. The van der Waals surface area contributed by atoms with Gasteiger partial charge in [0.1, 0.15) is 6.17 Å². The van der Waals surface area contributed by atoms with E-state index in [-0.39, 0.29) is 11.6 Å². The molecule has 2 unspecified atom stereocenters. The molecular weight excluding hydrogens is 316 g/mol. The Balaban J connectivity index is 1.78. The maximum Gasteiger partial charge on any atom is 0.134 e. The van der Waals surface area contributed by atoms with Gasteiger partial charge in [0.25, 0.3) is 0 Å². The van der Waals surface area contributed by atoms with Crippen LogP contribution in [-0.2, 0) is 11.8 Å². The molecule has 2 atom stereocenters. The summed E-state index contributed by atoms with van der Waals surface area (Å²) in [5, 5.41) is 0. The molecule has 4 heterocycles. The highest BCUT2D eigenvalue weighted by atomic mass is 15.4. The maximum absolute atomic E-state index is 4.67. The van der Waals surface area contributed by atoms with E-state index in [0.29, 0.717) is 0 Å². The van der Waals surface area contributed by atoms with Crippen molar-refractivity contribution in [3.8, 4) is 0 Å². The van der Waals surface area contributed by atoms with E-state index in [2.05, 4.69) is 96.1 Å². The van der Waals surface area contributed by atoms with Crippen LogP contribution in [0.5, 0.6) is 0 Å². The molecule has 3 aromatic carbocycles. The summed E-state index contributed by atoms with van der Waals surface area (Å²) in [5.41, 5.74) is 9.00. The Hall–Kier alpha value is -3.00. The van der Waals surface area contributed by atoms with Crippen molar-refractivity contribution in [1.82, 2.24) is 0 Å². The number of anilines is 4. The van der Waals surface area contributed by atoms with E-state index in [0.717, 1.165) is 6.42 Å². The molecule has 0 radical (unpaired) electrons. The average molecular weight is 336 g/mol. The molecule has 0 aromatic heterocycles. The third-order valence-corrected chi connectivity index (χ3v) is 6.44. The average Bonchev–Trinajstić information content (AvgIpc) is 3.03. The van der Waals surface area contributed by atoms with Gasteiger partial charge in [-0.2, -0.15) is 0 Å². The first kappa shape index (κ1) is 14.2. The van der Waals surface area contributed by atoms with Crippen molar-refractivity contribution in [2.45, 2.75) is 24.9 Å². The van der Waals surface area contributed by atoms with Crippen LogP contribution in [0.15, 0.2) is 84.9 Å². The van der Waals surface area contributed by atoms with Crippen molar-refractivity contribution >= 4 is 22.7 Å². The molecule has 4 aliphatic heterocycles. The van der Waals surface area contributed by atoms with Crippen molar-refractivity contribution in [3.63, 3.8) is 0 Å². The first-order chi connectivity index (χ1) is 12.7. The monoisotopic (exact) mass is 336 g/mol. The molecule has 0 aliphatic carbocycles. The molecule has 0 amide bonds. The number of hydrogen-bond donors (Lipinski definition) is 0. The minimum atomic E-state index is -0.0815. The van der Waals surface area contributed by atoms with Crippen molar-refractivity contribution < 1.29 is 0 Å². The van der Waals surface area contributed by atoms with Gasteiger partial charge in [0.05, 0.1) is 11.4 Å². The van der Waals surface area contributed by atoms with E-state index in [1.54, 1.807) is 0 Å². The normalized spacial score (nSPS) is 24.7. The highest BCUT2D eigenvalue weighted by Crippen LogP contribution is 2.58. The van der Waals surface area contributed by atoms with E-state index >= 15 is 0 Å². The van der Waals surface area contributed by atoms with Crippen LogP contribution in [-0.4, -0.2) is 6.17 Å². The maximum atomic E-state index is 4.67. The molecule has 3 aromatic rings. The third-order valence-electron chi connectivity index (χ3n) is 6.44. The van der Waals surface area contributed by atoms with Crippen molar-refractivity contribution in [2.24, 2.45) is 0 Å². The first-order valence-corrected chi connectivity index (χ1v) is 9.24. The number of rotatable bonds is 0. The Morgan fingerprint density at radius 1 is 0.808 bits per heavy atom. The number of para-hydroxylation sites is 3. The zero-order valence-corrected chi connectivity index (χ0v) is 14.8. The second-order valence-corrected chi connectivity index (χ2v) is 7.82. The number of fused-ring (bicyclic) bond motifs is 6. The molecule has 2 heteroatoms. The summed E-state index contributed by atoms with van der Waals surface area (Å²) < 4.78 is 0. The summed E-state index contributed by atoms with van der Waals surface area (Å²) in [6.45, 7) is 7.03. The van der Waals surface area contributed by atoms with Crippen LogP contribution in [0.1, 0.15) is 18.1 Å². The molecule has 0 N–H and O–H groups in total. The van der Waals surface area contributed by atoms with Gasteiger partial charge in [-0.25, -0.2) is 0 Å². The highest BCUT2D eigenvalue weighted by Gasteiger charge is 2.51. The van der Waals surface area contributed by atoms with Crippen LogP contribution in [0.25, 0.3) is 0 Å². The molecule has 26 heavy (non-hydrogen) atoms. The van der Waals surface area contributed by atoms with Crippen LogP contribution < -0.4 is 9.80 Å². The number of hydrogen-bond acceptors (Lipinski definition) is 2. The van der Waals surface area contributed by atoms with Crippen LogP contribution >= 0.6 is 0 Å². The number of nitrogens with zero attached hydrogens (tertiary/aromatic N) is 2. The van der Waals surface area contributed by atoms with Gasteiger partial charge in [-0.3, -0.25) is 0 Å². The van der Waals surface area contributed by atoms with Gasteiger partial charge < -0.3 is 9.80 Å². The van der Waals surface area contributed by atoms with Crippen molar-refractivity contribution in [1.29, 1.82) is 0 Å². The van der Waals surface area contributed by atoms with Crippen molar-refractivity contribution in [3.05, 3.63) is 96.1 Å². The molecule has 126 valence electrons. The quantitative estimate of drug-likeness (QED) is 0.487. The van der Waals surface area contributed by atoms with E-state index in [1.807, 2.05) is 0 Å². The Bertz CT molecular complexity index is 1070. The summed E-state index contributed by atoms with van der Waals surface area (Å²) in [4.78, 5) is 4.94. The van der Waals surface area contributed by atoms with Gasteiger partial charge >= 0.3 is 0 Å². The standard InChI is InChI=1S/C24H20N2/c1-16-23-25-18-13-11-17(12-14-18)15-24(16,2)19-7-3-4-8-20(19)26(23)22-10-6-5-9-21(22)25/h3-14,23H,1,15H2,2H3. The molecule has 2 nitrogen and oxygen atoms in total. The van der Waals surface area contributed by atoms with E-state index < -0.39 is 0 Å². The second kappa shape index (κ2) is 4.59. The lowest BCUT2D eigenvalue weighted by Crippen LogP contribution is -2.50. The SMILES string of the molecule is C=C1C2N3c4ccc(cc4)CC1(C)c1ccccc1N2c1ccccc13. The third kappa shape index (κ3) is 1.53. The second-order valence-electron chi connectivity index (χ2n) is 7.82. The summed E-state index contributed by atoms with van der Waals surface area (Å²) >= 11 is 0.